The Labute approximate surface area is 125 Å². The summed E-state index contributed by atoms with van der Waals surface area (Å²) >= 11 is 0. The second kappa shape index (κ2) is 5.72. The zero-order chi connectivity index (χ0) is 14.8. The molecule has 109 valence electrons. The summed E-state index contributed by atoms with van der Waals surface area (Å²) in [6.07, 6.45) is 4.21. The zero-order valence-corrected chi connectivity index (χ0v) is 12.6. The highest BCUT2D eigenvalue weighted by Crippen LogP contribution is 2.29. The molecule has 21 heavy (non-hydrogen) atoms. The monoisotopic (exact) mass is 281 g/mol. The molecule has 0 saturated heterocycles. The number of aromatic nitrogens is 3. The molecule has 0 unspecified atom stereocenters. The first-order valence-electron chi connectivity index (χ1n) is 7.64. The van der Waals surface area contributed by atoms with Crippen LogP contribution < -0.4 is 5.73 Å². The maximum Gasteiger partial charge on any atom is 0.152 e. The van der Waals surface area contributed by atoms with E-state index in [2.05, 4.69) is 36.0 Å². The van der Waals surface area contributed by atoms with Crippen molar-refractivity contribution in [1.82, 2.24) is 14.5 Å². The Bertz CT molecular complexity index is 773. The highest BCUT2D eigenvalue weighted by Gasteiger charge is 2.16. The van der Waals surface area contributed by atoms with Gasteiger partial charge in [-0.2, -0.15) is 0 Å². The molecular weight excluding hydrogens is 260 g/mol. The Kier molecular flexibility index (Phi) is 3.78. The summed E-state index contributed by atoms with van der Waals surface area (Å²) in [6.45, 7) is 6.52. The number of unbranched alkanes of at least 4 members (excludes halogenated alkanes) is 1. The largest absolute Gasteiger partial charge is 0.382 e. The van der Waals surface area contributed by atoms with Gasteiger partial charge in [0.05, 0.1) is 17.6 Å². The number of nitrogens with zero attached hydrogens (tertiary/aromatic N) is 3. The third-order valence-electron chi connectivity index (χ3n) is 3.75. The molecule has 2 N–H and O–H groups in total. The number of benzene rings is 1. The highest BCUT2D eigenvalue weighted by molar-refractivity contribution is 6.06. The van der Waals surface area contributed by atoms with Gasteiger partial charge < -0.3 is 10.3 Å². The molecule has 0 fully saturated rings. The van der Waals surface area contributed by atoms with E-state index in [0.717, 1.165) is 53.4 Å². The molecule has 4 heteroatoms. The van der Waals surface area contributed by atoms with Crippen molar-refractivity contribution >= 4 is 27.8 Å². The zero-order valence-electron chi connectivity index (χ0n) is 12.6. The van der Waals surface area contributed by atoms with Crippen molar-refractivity contribution in [3.05, 3.63) is 36.6 Å². The van der Waals surface area contributed by atoms with E-state index in [4.69, 9.17) is 10.7 Å². The van der Waals surface area contributed by atoms with Crippen molar-refractivity contribution in [2.45, 2.75) is 39.5 Å². The van der Waals surface area contributed by atoms with Gasteiger partial charge in [0, 0.05) is 11.8 Å². The van der Waals surface area contributed by atoms with Crippen LogP contribution in [-0.2, 0) is 6.42 Å². The van der Waals surface area contributed by atoms with Crippen LogP contribution in [0.5, 0.6) is 0 Å². The lowest BCUT2D eigenvalue weighted by atomic mass is 10.2. The maximum atomic E-state index is 6.13. The molecule has 0 aliphatic carbocycles. The second-order valence-corrected chi connectivity index (χ2v) is 5.30. The third kappa shape index (κ3) is 2.35. The molecule has 3 aromatic rings. The number of hydrogen-bond acceptors (Lipinski definition) is 3. The van der Waals surface area contributed by atoms with E-state index >= 15 is 0 Å². The Hall–Kier alpha value is -2.10. The first-order chi connectivity index (χ1) is 10.3. The number of anilines is 1. The quantitative estimate of drug-likeness (QED) is 0.771. The molecule has 0 aliphatic rings. The predicted molar refractivity (Wildman–Crippen MR) is 88.0 cm³/mol. The summed E-state index contributed by atoms with van der Waals surface area (Å²) in [5, 5.41) is 1.11. The summed E-state index contributed by atoms with van der Waals surface area (Å²) in [6, 6.07) is 8.12. The summed E-state index contributed by atoms with van der Waals surface area (Å²) in [4.78, 5) is 9.25. The molecule has 1 radical (unpaired) electrons. The van der Waals surface area contributed by atoms with Crippen molar-refractivity contribution in [1.29, 1.82) is 0 Å². The standard InChI is InChI=1S/C17H21N4/c1-3-5-10-14-20-15-16(21(14)11-4-2)12-8-6-7-9-13(12)19-17(15)18/h6-9,11H,3-5,10H2,1-2H3,(H2,18,19). The Morgan fingerprint density at radius 2 is 2.00 bits per heavy atom. The van der Waals surface area contributed by atoms with Gasteiger partial charge in [-0.1, -0.05) is 38.5 Å². The lowest BCUT2D eigenvalue weighted by Gasteiger charge is -2.08. The first kappa shape index (κ1) is 13.9. The van der Waals surface area contributed by atoms with Gasteiger partial charge in [-0.15, -0.1) is 0 Å². The van der Waals surface area contributed by atoms with E-state index in [1.54, 1.807) is 0 Å². The topological polar surface area (TPSA) is 56.7 Å². The molecule has 0 bridgehead atoms. The Morgan fingerprint density at radius 1 is 1.19 bits per heavy atom. The van der Waals surface area contributed by atoms with Crippen LogP contribution in [0.15, 0.2) is 24.3 Å². The van der Waals surface area contributed by atoms with Crippen LogP contribution in [0.3, 0.4) is 0 Å². The van der Waals surface area contributed by atoms with E-state index in [1.807, 2.05) is 18.2 Å². The van der Waals surface area contributed by atoms with Gasteiger partial charge in [-0.25, -0.2) is 9.97 Å². The molecule has 0 aliphatic heterocycles. The number of aryl methyl sites for hydroxylation is 1. The van der Waals surface area contributed by atoms with E-state index in [-0.39, 0.29) is 0 Å². The van der Waals surface area contributed by atoms with Crippen LogP contribution in [0.4, 0.5) is 5.82 Å². The molecule has 0 saturated carbocycles. The molecule has 3 rings (SSSR count). The van der Waals surface area contributed by atoms with Gasteiger partial charge in [-0.3, -0.25) is 0 Å². The van der Waals surface area contributed by atoms with Crippen LogP contribution in [0.1, 0.15) is 38.9 Å². The number of nitrogen functional groups attached to an aromatic ring is 1. The van der Waals surface area contributed by atoms with E-state index in [9.17, 15) is 0 Å². The molecule has 0 atom stereocenters. The predicted octanol–water partition coefficient (Wildman–Crippen LogP) is 3.93. The van der Waals surface area contributed by atoms with Crippen LogP contribution in [-0.4, -0.2) is 14.5 Å². The summed E-state index contributed by atoms with van der Waals surface area (Å²) in [5.41, 5.74) is 8.97. The lowest BCUT2D eigenvalue weighted by Crippen LogP contribution is -2.02. The smallest absolute Gasteiger partial charge is 0.152 e. The average molecular weight is 281 g/mol. The molecule has 2 aromatic heterocycles. The minimum Gasteiger partial charge on any atom is -0.382 e. The second-order valence-electron chi connectivity index (χ2n) is 5.30. The van der Waals surface area contributed by atoms with Gasteiger partial charge in [0.15, 0.2) is 5.82 Å². The number of fused-ring (bicyclic) bond motifs is 3. The van der Waals surface area contributed by atoms with E-state index in [1.165, 1.54) is 0 Å². The summed E-state index contributed by atoms with van der Waals surface area (Å²) in [7, 11) is 0. The lowest BCUT2D eigenvalue weighted by molar-refractivity contribution is 0.721. The van der Waals surface area contributed by atoms with Gasteiger partial charge in [0.25, 0.3) is 0 Å². The summed E-state index contributed by atoms with van der Waals surface area (Å²) in [5.74, 6) is 1.60. The number of nitrogens with two attached hydrogens (primary N) is 1. The van der Waals surface area contributed by atoms with Crippen LogP contribution in [0.25, 0.3) is 21.9 Å². The average Bonchev–Trinajstić information content (AvgIpc) is 2.85. The molecule has 4 nitrogen and oxygen atoms in total. The normalized spacial score (nSPS) is 11.5. The molecule has 1 aromatic carbocycles. The first-order valence-corrected chi connectivity index (χ1v) is 7.64. The minimum absolute atomic E-state index is 0.518. The molecule has 0 spiro atoms. The highest BCUT2D eigenvalue weighted by atomic mass is 15.1. The number of hydrogen-bond donors (Lipinski definition) is 1. The van der Waals surface area contributed by atoms with Crippen molar-refractivity contribution in [3.63, 3.8) is 0 Å². The van der Waals surface area contributed by atoms with Crippen LogP contribution >= 0.6 is 0 Å². The van der Waals surface area contributed by atoms with E-state index < -0.39 is 0 Å². The van der Waals surface area contributed by atoms with Crippen molar-refractivity contribution in [2.24, 2.45) is 0 Å². The molecule has 2 heterocycles. The minimum atomic E-state index is 0.518. The maximum absolute atomic E-state index is 6.13. The van der Waals surface area contributed by atoms with Gasteiger partial charge in [-0.05, 0) is 18.9 Å². The SMILES string of the molecule is CC[CH]n1c(CCCC)nc2c(N)nc3ccccc3c21. The van der Waals surface area contributed by atoms with E-state index in [0.29, 0.717) is 5.82 Å². The number of para-hydroxylation sites is 1. The number of imidazole rings is 1. The fourth-order valence-electron chi connectivity index (χ4n) is 2.76. The molecular formula is C17H21N4. The molecule has 0 amide bonds. The van der Waals surface area contributed by atoms with Crippen LogP contribution in [0.2, 0.25) is 0 Å². The van der Waals surface area contributed by atoms with Gasteiger partial charge in [0.2, 0.25) is 0 Å². The fourth-order valence-corrected chi connectivity index (χ4v) is 2.76. The Balaban J connectivity index is 2.32. The fraction of sp³-hybridized carbons (Fsp3) is 0.353. The van der Waals surface area contributed by atoms with Crippen molar-refractivity contribution in [2.75, 3.05) is 5.73 Å². The number of rotatable bonds is 5. The van der Waals surface area contributed by atoms with Crippen molar-refractivity contribution < 1.29 is 0 Å². The van der Waals surface area contributed by atoms with Gasteiger partial charge in [0.1, 0.15) is 11.3 Å². The summed E-state index contributed by atoms with van der Waals surface area (Å²) < 4.78 is 2.21. The Morgan fingerprint density at radius 3 is 2.76 bits per heavy atom. The van der Waals surface area contributed by atoms with Crippen molar-refractivity contribution in [3.8, 4) is 0 Å². The van der Waals surface area contributed by atoms with Gasteiger partial charge >= 0.3 is 0 Å². The third-order valence-corrected chi connectivity index (χ3v) is 3.75. The van der Waals surface area contributed by atoms with Crippen LogP contribution in [0, 0.1) is 6.54 Å². The number of pyridine rings is 1.